The first-order chi connectivity index (χ1) is 14.8. The molecule has 218 valence electrons. The summed E-state index contributed by atoms with van der Waals surface area (Å²) in [6.45, 7) is 1.40. The number of nitrogens with two attached hydrogens (primary N) is 1. The summed E-state index contributed by atoms with van der Waals surface area (Å²) in [7, 11) is 3.06. The Balaban J connectivity index is -0.00000204. The van der Waals surface area contributed by atoms with Crippen LogP contribution in [0.1, 0.15) is 29.3 Å². The van der Waals surface area contributed by atoms with Gasteiger partial charge in [-0.25, -0.2) is 0 Å². The number of likely N-dealkylation sites (N-methyl/N-ethyl adjacent to an activating group) is 1. The Hall–Kier alpha value is -3.45. The maximum Gasteiger partial charge on any atom is 0.255 e. The first-order valence-corrected chi connectivity index (χ1v) is 9.97. The molecule has 38 heavy (non-hydrogen) atoms. The summed E-state index contributed by atoms with van der Waals surface area (Å²) >= 11 is 0. The average molecular weight is 553 g/mol. The average Bonchev–Trinajstić information content (AvgIpc) is 2.68. The van der Waals surface area contributed by atoms with Crippen molar-refractivity contribution in [3.05, 3.63) is 52.0 Å². The minimum atomic E-state index is -2.75. The minimum absolute atomic E-state index is 0. The van der Waals surface area contributed by atoms with Crippen LogP contribution in [0.2, 0.25) is 0 Å². The molecule has 0 fully saturated rings. The van der Waals surface area contributed by atoms with Crippen molar-refractivity contribution in [3.8, 4) is 5.75 Å². The summed E-state index contributed by atoms with van der Waals surface area (Å²) < 4.78 is 0. The van der Waals surface area contributed by atoms with E-state index in [4.69, 9.17) is 5.73 Å². The summed E-state index contributed by atoms with van der Waals surface area (Å²) in [5, 5.41) is 55.0. The van der Waals surface area contributed by atoms with Crippen LogP contribution in [-0.2, 0) is 15.2 Å². The molecule has 0 saturated carbocycles. The van der Waals surface area contributed by atoms with Crippen molar-refractivity contribution in [1.29, 1.82) is 0 Å². The second kappa shape index (κ2) is 11.9. The van der Waals surface area contributed by atoms with Gasteiger partial charge in [-0.3, -0.25) is 19.3 Å². The smallest absolute Gasteiger partial charge is 0.255 e. The molecule has 0 aliphatic heterocycles. The van der Waals surface area contributed by atoms with E-state index in [1.165, 1.54) is 44.1 Å². The molecule has 3 aliphatic carbocycles. The molecule has 4 rings (SSSR count). The number of phenols is 1. The number of Topliss-reactive ketones (excluding diaryl/α,β-unsaturated/α-hetero) is 2. The summed E-state index contributed by atoms with van der Waals surface area (Å²) in [5.74, 6) is -7.89. The molecule has 5 atom stereocenters. The number of phenolic OH excluding ortho intramolecular Hbond substituents is 1. The number of hydrogen-bond acceptors (Lipinski definition) is 9. The van der Waals surface area contributed by atoms with E-state index in [0.29, 0.717) is 0 Å². The summed E-state index contributed by atoms with van der Waals surface area (Å²) in [5.41, 5.74) is -0.654. The van der Waals surface area contributed by atoms with Crippen molar-refractivity contribution in [2.45, 2.75) is 30.6 Å². The Morgan fingerprint density at radius 2 is 1.53 bits per heavy atom. The number of hydrogen-bond donors (Lipinski definition) is 6. The molecule has 3 aliphatic rings. The number of carbonyl (C=O) groups is 3. The molecule has 1 aromatic rings. The Morgan fingerprint density at radius 3 is 2.00 bits per heavy atom. The van der Waals surface area contributed by atoms with Gasteiger partial charge in [0.2, 0.25) is 5.78 Å². The molecule has 1 amide bonds. The van der Waals surface area contributed by atoms with Gasteiger partial charge in [-0.2, -0.15) is 0 Å². The van der Waals surface area contributed by atoms with Crippen LogP contribution in [0.15, 0.2) is 40.9 Å². The Morgan fingerprint density at radius 1 is 1.00 bits per heavy atom. The molecule has 16 heteroatoms. The lowest BCUT2D eigenvalue weighted by Gasteiger charge is -2.52. The van der Waals surface area contributed by atoms with E-state index in [2.05, 4.69) is 0 Å². The highest BCUT2D eigenvalue weighted by atomic mass is 16.3. The van der Waals surface area contributed by atoms with Crippen molar-refractivity contribution in [2.24, 2.45) is 17.6 Å². The van der Waals surface area contributed by atoms with Gasteiger partial charge in [0.1, 0.15) is 22.8 Å². The predicted molar refractivity (Wildman–Crippen MR) is 131 cm³/mol. The fourth-order valence-corrected chi connectivity index (χ4v) is 5.51. The van der Waals surface area contributed by atoms with Gasteiger partial charge in [-0.15, -0.1) is 0 Å². The van der Waals surface area contributed by atoms with Crippen LogP contribution in [0.4, 0.5) is 0 Å². The van der Waals surface area contributed by atoms with Crippen molar-refractivity contribution in [1.82, 2.24) is 4.90 Å². The third-order valence-corrected chi connectivity index (χ3v) is 7.02. The highest BCUT2D eigenvalue weighted by Gasteiger charge is 2.65. The van der Waals surface area contributed by atoms with E-state index in [0.717, 1.165) is 0 Å². The zero-order chi connectivity index (χ0) is 23.9. The molecule has 0 saturated heterocycles. The van der Waals surface area contributed by atoms with Gasteiger partial charge in [0.15, 0.2) is 11.4 Å². The van der Waals surface area contributed by atoms with Crippen molar-refractivity contribution < 1.29 is 72.8 Å². The Bertz CT molecular complexity index is 1160. The number of aromatic hydroxyl groups is 1. The molecule has 19 N–H and O–H groups in total. The zero-order valence-corrected chi connectivity index (χ0v) is 20.7. The standard InChI is InChI=1S/C22H24N2O8.6H2O/c1-21(31)8-5-4-6-11(25)12(8)16(26)13-9(21)7-10-15(24(2)3)17(27)14(20(23)30)19(29)22(10,32)18(13)28;;;;;;/h4-6,9-10,15,25,27-28,31-32H,7H2,1-3H3,(H2,23,30);6*1H2/t9-,10-,15-,21+,22-;;;;;;/m0....../s1. The lowest BCUT2D eigenvalue weighted by atomic mass is 9.55. The molecule has 0 heterocycles. The lowest BCUT2D eigenvalue weighted by molar-refractivity contribution is -0.151. The number of ketones is 2. The fraction of sp³-hybridized carbons (Fsp3) is 0.409. The van der Waals surface area contributed by atoms with Crippen LogP contribution in [0, 0.1) is 11.8 Å². The number of rotatable bonds is 2. The molecule has 0 unspecified atom stereocenters. The van der Waals surface area contributed by atoms with E-state index in [1.807, 2.05) is 0 Å². The topological polar surface area (TPSA) is 371 Å². The fourth-order valence-electron chi connectivity index (χ4n) is 5.51. The first kappa shape index (κ1) is 39.1. The van der Waals surface area contributed by atoms with Crippen LogP contribution in [-0.4, -0.2) is 107 Å². The van der Waals surface area contributed by atoms with Gasteiger partial charge in [0, 0.05) is 17.4 Å². The number of benzene rings is 1. The molecule has 0 spiro atoms. The van der Waals surface area contributed by atoms with Crippen molar-refractivity contribution in [3.63, 3.8) is 0 Å². The van der Waals surface area contributed by atoms with Gasteiger partial charge in [-0.05, 0) is 39.1 Å². The molecular weight excluding hydrogens is 516 g/mol. The minimum Gasteiger partial charge on any atom is -0.510 e. The Kier molecular flexibility index (Phi) is 12.3. The molecule has 16 nitrogen and oxygen atoms in total. The summed E-state index contributed by atoms with van der Waals surface area (Å²) in [4.78, 5) is 39.9. The number of nitrogens with zero attached hydrogens (tertiary/aromatic N) is 1. The summed E-state index contributed by atoms with van der Waals surface area (Å²) in [6.07, 6.45) is -0.200. The second-order valence-corrected chi connectivity index (χ2v) is 8.96. The van der Waals surface area contributed by atoms with Crippen molar-refractivity contribution in [2.75, 3.05) is 14.1 Å². The van der Waals surface area contributed by atoms with Gasteiger partial charge in [0.05, 0.1) is 17.2 Å². The molecule has 1 aromatic carbocycles. The van der Waals surface area contributed by atoms with E-state index in [1.54, 1.807) is 0 Å². The largest absolute Gasteiger partial charge is 0.510 e. The number of aliphatic hydroxyl groups excluding tert-OH is 2. The number of amides is 1. The zero-order valence-electron chi connectivity index (χ0n) is 20.7. The third-order valence-electron chi connectivity index (χ3n) is 7.02. The lowest BCUT2D eigenvalue weighted by Crippen LogP contribution is -2.65. The third kappa shape index (κ3) is 4.53. The SMILES string of the molecule is CN(C)[C@@H]1C(O)=C(C(N)=O)C(=O)[C@@]2(O)C(O)=C3C(=O)c4c(O)cccc4[C@@](C)(O)[C@H]3C[C@@H]12.O.O.O.O.O.O. The number of aliphatic hydroxyl groups is 4. The summed E-state index contributed by atoms with van der Waals surface area (Å²) in [6, 6.07) is 3.05. The number of primary amides is 1. The molecular formula is C22H36N2O14. The molecule has 0 radical (unpaired) electrons. The molecule has 0 bridgehead atoms. The van der Waals surface area contributed by atoms with Crippen molar-refractivity contribution >= 4 is 17.5 Å². The van der Waals surface area contributed by atoms with Gasteiger partial charge in [-0.1, -0.05) is 12.1 Å². The Labute approximate surface area is 215 Å². The second-order valence-electron chi connectivity index (χ2n) is 8.96. The van der Waals surface area contributed by atoms with Gasteiger partial charge < -0.3 is 64.1 Å². The number of fused-ring (bicyclic) bond motifs is 3. The van der Waals surface area contributed by atoms with E-state index in [9.17, 15) is 39.9 Å². The van der Waals surface area contributed by atoms with Crippen LogP contribution in [0.3, 0.4) is 0 Å². The maximum absolute atomic E-state index is 13.3. The first-order valence-electron chi connectivity index (χ1n) is 9.97. The normalized spacial score (nSPS) is 28.9. The quantitative estimate of drug-likeness (QED) is 0.191. The van der Waals surface area contributed by atoms with Crippen LogP contribution in [0.25, 0.3) is 0 Å². The number of carbonyl (C=O) groups excluding carboxylic acids is 3. The monoisotopic (exact) mass is 552 g/mol. The van der Waals surface area contributed by atoms with E-state index >= 15 is 0 Å². The maximum atomic E-state index is 13.3. The highest BCUT2D eigenvalue weighted by molar-refractivity contribution is 6.24. The highest BCUT2D eigenvalue weighted by Crippen LogP contribution is 2.56. The predicted octanol–water partition coefficient (Wildman–Crippen LogP) is -5.16. The van der Waals surface area contributed by atoms with Crippen LogP contribution in [0.5, 0.6) is 5.75 Å². The van der Waals surface area contributed by atoms with Gasteiger partial charge in [0.25, 0.3) is 5.91 Å². The van der Waals surface area contributed by atoms with E-state index in [-0.39, 0.29) is 50.4 Å². The van der Waals surface area contributed by atoms with Crippen LogP contribution >= 0.6 is 0 Å². The van der Waals surface area contributed by atoms with Gasteiger partial charge >= 0.3 is 0 Å². The van der Waals surface area contributed by atoms with Crippen LogP contribution < -0.4 is 5.73 Å². The molecule has 0 aromatic heterocycles. The van der Waals surface area contributed by atoms with E-state index < -0.39 is 75.0 Å².